The van der Waals surface area contributed by atoms with E-state index in [2.05, 4.69) is 24.3 Å². The minimum atomic E-state index is -0.488. The van der Waals surface area contributed by atoms with Gasteiger partial charge in [-0.15, -0.1) is 0 Å². The SMILES string of the molecule is CN(C(=O)C1CCN(C(=O)OC(C)(C)C)CC1)[C@H]1CCCc2ccccc21. The van der Waals surface area contributed by atoms with Crippen molar-refractivity contribution < 1.29 is 14.3 Å². The minimum absolute atomic E-state index is 0.0113. The van der Waals surface area contributed by atoms with Crippen molar-refractivity contribution in [1.82, 2.24) is 9.80 Å². The highest BCUT2D eigenvalue weighted by molar-refractivity contribution is 5.79. The summed E-state index contributed by atoms with van der Waals surface area (Å²) in [4.78, 5) is 29.0. The molecule has 1 heterocycles. The summed E-state index contributed by atoms with van der Waals surface area (Å²) in [6, 6.07) is 8.66. The van der Waals surface area contributed by atoms with Crippen molar-refractivity contribution in [1.29, 1.82) is 0 Å². The van der Waals surface area contributed by atoms with Crippen LogP contribution in [0.4, 0.5) is 4.79 Å². The summed E-state index contributed by atoms with van der Waals surface area (Å²) in [5.41, 5.74) is 2.18. The van der Waals surface area contributed by atoms with Gasteiger partial charge in [-0.25, -0.2) is 4.79 Å². The summed E-state index contributed by atoms with van der Waals surface area (Å²) >= 11 is 0. The highest BCUT2D eigenvalue weighted by atomic mass is 16.6. The Bertz CT molecular complexity index is 687. The Morgan fingerprint density at radius 3 is 2.44 bits per heavy atom. The van der Waals surface area contributed by atoms with E-state index < -0.39 is 5.60 Å². The lowest BCUT2D eigenvalue weighted by Crippen LogP contribution is -2.46. The molecule has 0 bridgehead atoms. The van der Waals surface area contributed by atoms with Crippen LogP contribution in [-0.2, 0) is 16.0 Å². The molecule has 0 radical (unpaired) electrons. The first kappa shape index (κ1) is 19.7. The molecule has 148 valence electrons. The zero-order valence-corrected chi connectivity index (χ0v) is 17.0. The molecule has 0 saturated carbocycles. The van der Waals surface area contributed by atoms with Crippen molar-refractivity contribution >= 4 is 12.0 Å². The number of hydrogen-bond donors (Lipinski definition) is 0. The molecule has 0 aromatic heterocycles. The zero-order chi connectivity index (χ0) is 19.6. The Morgan fingerprint density at radius 1 is 1.11 bits per heavy atom. The van der Waals surface area contributed by atoms with Gasteiger partial charge in [-0.1, -0.05) is 24.3 Å². The molecule has 0 unspecified atom stereocenters. The molecule has 1 aliphatic carbocycles. The molecule has 1 aromatic carbocycles. The Balaban J connectivity index is 1.59. The van der Waals surface area contributed by atoms with Crippen LogP contribution in [0.2, 0.25) is 0 Å². The zero-order valence-electron chi connectivity index (χ0n) is 17.0. The number of hydrogen-bond acceptors (Lipinski definition) is 3. The van der Waals surface area contributed by atoms with E-state index in [1.165, 1.54) is 11.1 Å². The van der Waals surface area contributed by atoms with Gasteiger partial charge in [-0.3, -0.25) is 4.79 Å². The Labute approximate surface area is 162 Å². The fourth-order valence-electron chi connectivity index (χ4n) is 4.21. The van der Waals surface area contributed by atoms with Crippen molar-refractivity contribution in [2.45, 2.75) is 64.5 Å². The van der Waals surface area contributed by atoms with E-state index in [9.17, 15) is 9.59 Å². The normalized spacial score (nSPS) is 20.7. The van der Waals surface area contributed by atoms with Crippen molar-refractivity contribution in [3.05, 3.63) is 35.4 Å². The third-order valence-electron chi connectivity index (χ3n) is 5.65. The molecule has 0 spiro atoms. The Kier molecular flexibility index (Phi) is 5.78. The van der Waals surface area contributed by atoms with Gasteiger partial charge in [-0.05, 0) is 64.0 Å². The first-order valence-corrected chi connectivity index (χ1v) is 10.1. The van der Waals surface area contributed by atoms with Gasteiger partial charge in [-0.2, -0.15) is 0 Å². The fourth-order valence-corrected chi connectivity index (χ4v) is 4.21. The van der Waals surface area contributed by atoms with Crippen molar-refractivity contribution in [3.63, 3.8) is 0 Å². The number of rotatable bonds is 2. The third kappa shape index (κ3) is 4.63. The first-order valence-electron chi connectivity index (χ1n) is 10.1. The molecule has 5 heteroatoms. The molecule has 1 aromatic rings. The van der Waals surface area contributed by atoms with Gasteiger partial charge >= 0.3 is 6.09 Å². The molecule has 1 fully saturated rings. The molecule has 1 atom stereocenters. The number of piperidine rings is 1. The summed E-state index contributed by atoms with van der Waals surface area (Å²) in [5, 5.41) is 0. The fraction of sp³-hybridized carbons (Fsp3) is 0.636. The second-order valence-corrected chi connectivity index (χ2v) is 8.80. The van der Waals surface area contributed by atoms with Gasteiger partial charge in [0.05, 0.1) is 6.04 Å². The van der Waals surface area contributed by atoms with Gasteiger partial charge in [0.1, 0.15) is 5.60 Å². The van der Waals surface area contributed by atoms with Gasteiger partial charge in [0, 0.05) is 26.1 Å². The lowest BCUT2D eigenvalue weighted by Gasteiger charge is -2.38. The van der Waals surface area contributed by atoms with Crippen LogP contribution < -0.4 is 0 Å². The molecule has 2 aliphatic rings. The monoisotopic (exact) mass is 372 g/mol. The molecule has 5 nitrogen and oxygen atoms in total. The van der Waals surface area contributed by atoms with Gasteiger partial charge in [0.2, 0.25) is 5.91 Å². The van der Waals surface area contributed by atoms with Crippen LogP contribution in [0.25, 0.3) is 0 Å². The average molecular weight is 373 g/mol. The molecular formula is C22H32N2O3. The maximum Gasteiger partial charge on any atom is 0.410 e. The van der Waals surface area contributed by atoms with Crippen LogP contribution >= 0.6 is 0 Å². The number of benzene rings is 1. The highest BCUT2D eigenvalue weighted by Gasteiger charge is 2.34. The predicted octanol–water partition coefficient (Wildman–Crippen LogP) is 4.17. The highest BCUT2D eigenvalue weighted by Crippen LogP contribution is 2.35. The second-order valence-electron chi connectivity index (χ2n) is 8.80. The molecule has 2 amide bonds. The number of fused-ring (bicyclic) bond motifs is 1. The number of ether oxygens (including phenoxy) is 1. The molecule has 0 N–H and O–H groups in total. The second kappa shape index (κ2) is 7.91. The van der Waals surface area contributed by atoms with Gasteiger partial charge < -0.3 is 14.5 Å². The predicted molar refractivity (Wildman–Crippen MR) is 105 cm³/mol. The maximum absolute atomic E-state index is 13.1. The number of aryl methyl sites for hydroxylation is 1. The number of likely N-dealkylation sites (tertiary alicyclic amines) is 1. The maximum atomic E-state index is 13.1. The quantitative estimate of drug-likeness (QED) is 0.783. The third-order valence-corrected chi connectivity index (χ3v) is 5.65. The number of carbonyl (C=O) groups is 2. The Hall–Kier alpha value is -2.04. The molecule has 1 aliphatic heterocycles. The Morgan fingerprint density at radius 2 is 1.78 bits per heavy atom. The number of carbonyl (C=O) groups excluding carboxylic acids is 2. The lowest BCUT2D eigenvalue weighted by atomic mass is 9.86. The largest absolute Gasteiger partial charge is 0.444 e. The number of nitrogens with zero attached hydrogens (tertiary/aromatic N) is 2. The first-order chi connectivity index (χ1) is 12.8. The molecular weight excluding hydrogens is 340 g/mol. The van der Waals surface area contributed by atoms with E-state index in [0.29, 0.717) is 25.9 Å². The van der Waals surface area contributed by atoms with Crippen LogP contribution in [0, 0.1) is 5.92 Å². The summed E-state index contributed by atoms with van der Waals surface area (Å²) in [6.45, 7) is 6.79. The summed E-state index contributed by atoms with van der Waals surface area (Å²) in [6.07, 6.45) is 4.38. The average Bonchev–Trinajstić information content (AvgIpc) is 2.65. The van der Waals surface area contributed by atoms with Crippen LogP contribution in [0.15, 0.2) is 24.3 Å². The summed E-state index contributed by atoms with van der Waals surface area (Å²) in [7, 11) is 1.94. The van der Waals surface area contributed by atoms with E-state index in [0.717, 1.165) is 19.3 Å². The smallest absolute Gasteiger partial charge is 0.410 e. The van der Waals surface area contributed by atoms with E-state index in [1.807, 2.05) is 32.7 Å². The van der Waals surface area contributed by atoms with E-state index in [1.54, 1.807) is 4.90 Å². The lowest BCUT2D eigenvalue weighted by molar-refractivity contribution is -0.138. The minimum Gasteiger partial charge on any atom is -0.444 e. The van der Waals surface area contributed by atoms with E-state index >= 15 is 0 Å². The van der Waals surface area contributed by atoms with Crippen LogP contribution in [-0.4, -0.2) is 47.5 Å². The molecule has 27 heavy (non-hydrogen) atoms. The summed E-state index contributed by atoms with van der Waals surface area (Å²) < 4.78 is 5.45. The van der Waals surface area contributed by atoms with Crippen LogP contribution in [0.3, 0.4) is 0 Å². The van der Waals surface area contributed by atoms with Crippen LogP contribution in [0.1, 0.15) is 63.6 Å². The molecule has 1 saturated heterocycles. The van der Waals surface area contributed by atoms with Crippen molar-refractivity contribution in [3.8, 4) is 0 Å². The van der Waals surface area contributed by atoms with Gasteiger partial charge in [0.25, 0.3) is 0 Å². The van der Waals surface area contributed by atoms with Crippen molar-refractivity contribution in [2.75, 3.05) is 20.1 Å². The van der Waals surface area contributed by atoms with E-state index in [4.69, 9.17) is 4.74 Å². The van der Waals surface area contributed by atoms with Crippen LogP contribution in [0.5, 0.6) is 0 Å². The van der Waals surface area contributed by atoms with E-state index in [-0.39, 0.29) is 24.0 Å². The van der Waals surface area contributed by atoms with Gasteiger partial charge in [0.15, 0.2) is 0 Å². The van der Waals surface area contributed by atoms with Crippen molar-refractivity contribution in [2.24, 2.45) is 5.92 Å². The summed E-state index contributed by atoms with van der Waals surface area (Å²) in [5.74, 6) is 0.198. The standard InChI is InChI=1S/C22H32N2O3/c1-22(2,3)27-21(26)24-14-12-17(13-15-24)20(25)23(4)19-11-7-9-16-8-5-6-10-18(16)19/h5-6,8,10,17,19H,7,9,11-15H2,1-4H3/t19-/m0/s1. The number of amides is 2. The topological polar surface area (TPSA) is 49.9 Å². The molecule has 3 rings (SSSR count).